The largest absolute Gasteiger partial charge is 0.461 e. The van der Waals surface area contributed by atoms with Gasteiger partial charge in [0.2, 0.25) is 0 Å². The van der Waals surface area contributed by atoms with E-state index in [1.54, 1.807) is 24.5 Å². The quantitative estimate of drug-likeness (QED) is 0.176. The molecule has 160 valence electrons. The lowest BCUT2D eigenvalue weighted by Crippen LogP contribution is -2.08. The summed E-state index contributed by atoms with van der Waals surface area (Å²) >= 11 is 1.88. The fraction of sp³-hybridized carbons (Fsp3) is 0.750. The molecule has 0 amide bonds. The zero-order chi connectivity index (χ0) is 20.1. The third-order valence-electron chi connectivity index (χ3n) is 5.00. The number of carbonyl (C=O) groups is 1. The summed E-state index contributed by atoms with van der Waals surface area (Å²) in [5.74, 6) is 1.78. The fourth-order valence-corrected chi connectivity index (χ4v) is 4.07. The average molecular weight is 408 g/mol. The summed E-state index contributed by atoms with van der Waals surface area (Å²) < 4.78 is 5.25. The van der Waals surface area contributed by atoms with Crippen LogP contribution >= 0.6 is 11.8 Å². The highest BCUT2D eigenvalue weighted by Crippen LogP contribution is 2.14. The van der Waals surface area contributed by atoms with Crippen LogP contribution in [0.1, 0.15) is 107 Å². The third kappa shape index (κ3) is 15.0. The third-order valence-corrected chi connectivity index (χ3v) is 6.03. The van der Waals surface area contributed by atoms with Gasteiger partial charge in [0.25, 0.3) is 0 Å². The number of nitrogens with zero attached hydrogens (tertiary/aromatic N) is 1. The molecule has 0 fully saturated rings. The number of rotatable bonds is 19. The van der Waals surface area contributed by atoms with Gasteiger partial charge in [0.1, 0.15) is 6.61 Å². The Labute approximate surface area is 177 Å². The Morgan fingerprint density at radius 1 is 0.857 bits per heavy atom. The molecule has 0 radical (unpaired) electrons. The van der Waals surface area contributed by atoms with Crippen molar-refractivity contribution in [3.8, 4) is 0 Å². The SMILES string of the molecule is CCCCCCCCCCCCCCCCSCCOC(=O)c1cccnc1. The predicted molar refractivity (Wildman–Crippen MR) is 122 cm³/mol. The van der Waals surface area contributed by atoms with Gasteiger partial charge in [0.05, 0.1) is 5.56 Å². The Morgan fingerprint density at radius 2 is 1.43 bits per heavy atom. The maximum atomic E-state index is 11.7. The molecule has 1 aromatic heterocycles. The van der Waals surface area contributed by atoms with Crippen LogP contribution in [0.2, 0.25) is 0 Å². The number of carbonyl (C=O) groups excluding carboxylic acids is 1. The summed E-state index contributed by atoms with van der Waals surface area (Å²) in [6.07, 6.45) is 22.8. The highest BCUT2D eigenvalue weighted by atomic mass is 32.2. The number of pyridine rings is 1. The van der Waals surface area contributed by atoms with Crippen molar-refractivity contribution in [1.82, 2.24) is 4.98 Å². The summed E-state index contributed by atoms with van der Waals surface area (Å²) in [5, 5.41) is 0. The minimum absolute atomic E-state index is 0.273. The zero-order valence-corrected chi connectivity index (χ0v) is 18.8. The maximum Gasteiger partial charge on any atom is 0.339 e. The fourth-order valence-electron chi connectivity index (χ4n) is 3.26. The molecular weight excluding hydrogens is 366 g/mol. The van der Waals surface area contributed by atoms with Crippen molar-refractivity contribution in [3.05, 3.63) is 30.1 Å². The second-order valence-corrected chi connectivity index (χ2v) is 8.81. The molecule has 28 heavy (non-hydrogen) atoms. The lowest BCUT2D eigenvalue weighted by Gasteiger charge is -2.05. The maximum absolute atomic E-state index is 11.7. The van der Waals surface area contributed by atoms with Crippen molar-refractivity contribution in [2.45, 2.75) is 96.8 Å². The van der Waals surface area contributed by atoms with Crippen LogP contribution in [0, 0.1) is 0 Å². The molecule has 0 aliphatic heterocycles. The average Bonchev–Trinajstić information content (AvgIpc) is 2.73. The van der Waals surface area contributed by atoms with Gasteiger partial charge >= 0.3 is 5.97 Å². The van der Waals surface area contributed by atoms with E-state index in [9.17, 15) is 4.79 Å². The molecule has 0 aliphatic carbocycles. The lowest BCUT2D eigenvalue weighted by atomic mass is 10.0. The second kappa shape index (κ2) is 19.3. The van der Waals surface area contributed by atoms with Gasteiger partial charge in [-0.3, -0.25) is 4.98 Å². The number of hydrogen-bond acceptors (Lipinski definition) is 4. The molecule has 0 bridgehead atoms. The van der Waals surface area contributed by atoms with Gasteiger partial charge in [0.15, 0.2) is 0 Å². The smallest absolute Gasteiger partial charge is 0.339 e. The topological polar surface area (TPSA) is 39.2 Å². The van der Waals surface area contributed by atoms with Crippen molar-refractivity contribution in [1.29, 1.82) is 0 Å². The van der Waals surface area contributed by atoms with E-state index in [2.05, 4.69) is 11.9 Å². The molecule has 0 unspecified atom stereocenters. The molecule has 1 heterocycles. The van der Waals surface area contributed by atoms with Crippen molar-refractivity contribution >= 4 is 17.7 Å². The molecule has 0 spiro atoms. The first-order valence-corrected chi connectivity index (χ1v) is 12.6. The number of unbranched alkanes of at least 4 members (excludes halogenated alkanes) is 13. The van der Waals surface area contributed by atoms with Crippen LogP contribution in [0.15, 0.2) is 24.5 Å². The first-order valence-electron chi connectivity index (χ1n) is 11.5. The molecular formula is C24H41NO2S. The van der Waals surface area contributed by atoms with Crippen LogP contribution in [-0.4, -0.2) is 29.1 Å². The van der Waals surface area contributed by atoms with Crippen molar-refractivity contribution in [2.75, 3.05) is 18.1 Å². The van der Waals surface area contributed by atoms with Gasteiger partial charge in [-0.1, -0.05) is 90.4 Å². The van der Waals surface area contributed by atoms with Gasteiger partial charge in [-0.15, -0.1) is 0 Å². The zero-order valence-electron chi connectivity index (χ0n) is 18.0. The minimum Gasteiger partial charge on any atom is -0.461 e. The molecule has 1 aromatic rings. The molecule has 1 rings (SSSR count). The van der Waals surface area contributed by atoms with E-state index in [-0.39, 0.29) is 5.97 Å². The van der Waals surface area contributed by atoms with E-state index in [4.69, 9.17) is 4.74 Å². The van der Waals surface area contributed by atoms with E-state index in [1.807, 2.05) is 11.8 Å². The summed E-state index contributed by atoms with van der Waals surface area (Å²) in [5.41, 5.74) is 0.527. The molecule has 0 atom stereocenters. The Kier molecular flexibility index (Phi) is 17.2. The molecule has 4 heteroatoms. The number of aromatic nitrogens is 1. The summed E-state index contributed by atoms with van der Waals surface area (Å²) in [6.45, 7) is 2.76. The van der Waals surface area contributed by atoms with Gasteiger partial charge in [-0.2, -0.15) is 11.8 Å². The first-order chi connectivity index (χ1) is 13.8. The summed E-state index contributed by atoms with van der Waals surface area (Å²) in [7, 11) is 0. The second-order valence-electron chi connectivity index (χ2n) is 7.59. The molecule has 0 saturated heterocycles. The van der Waals surface area contributed by atoms with Crippen molar-refractivity contribution in [2.24, 2.45) is 0 Å². The summed E-state index contributed by atoms with van der Waals surface area (Å²) in [6, 6.07) is 3.48. The number of esters is 1. The Bertz CT molecular complexity index is 467. The Hall–Kier alpha value is -1.03. The van der Waals surface area contributed by atoms with Gasteiger partial charge in [0, 0.05) is 18.1 Å². The molecule has 0 saturated carbocycles. The highest BCUT2D eigenvalue weighted by Gasteiger charge is 2.05. The normalized spacial score (nSPS) is 10.9. The molecule has 0 aliphatic rings. The van der Waals surface area contributed by atoms with Crippen LogP contribution in [0.4, 0.5) is 0 Å². The minimum atomic E-state index is -0.273. The molecule has 0 N–H and O–H groups in total. The first kappa shape index (κ1) is 25.0. The van der Waals surface area contributed by atoms with Gasteiger partial charge in [-0.05, 0) is 24.3 Å². The van der Waals surface area contributed by atoms with Gasteiger partial charge in [-0.25, -0.2) is 4.79 Å². The molecule has 3 nitrogen and oxygen atoms in total. The van der Waals surface area contributed by atoms with E-state index in [1.165, 1.54) is 95.6 Å². The molecule has 0 aromatic carbocycles. The number of ether oxygens (including phenoxy) is 1. The Morgan fingerprint density at radius 3 is 1.96 bits per heavy atom. The van der Waals surface area contributed by atoms with E-state index in [0.29, 0.717) is 12.2 Å². The monoisotopic (exact) mass is 407 g/mol. The predicted octanol–water partition coefficient (Wildman–Crippen LogP) is 7.45. The highest BCUT2D eigenvalue weighted by molar-refractivity contribution is 7.99. The van der Waals surface area contributed by atoms with Crippen LogP contribution < -0.4 is 0 Å². The van der Waals surface area contributed by atoms with Crippen LogP contribution in [0.5, 0.6) is 0 Å². The van der Waals surface area contributed by atoms with Gasteiger partial charge < -0.3 is 4.74 Å². The van der Waals surface area contributed by atoms with Crippen LogP contribution in [-0.2, 0) is 4.74 Å². The Balaban J connectivity index is 1.74. The van der Waals surface area contributed by atoms with E-state index >= 15 is 0 Å². The van der Waals surface area contributed by atoms with E-state index in [0.717, 1.165) is 5.75 Å². The van der Waals surface area contributed by atoms with Crippen molar-refractivity contribution in [3.63, 3.8) is 0 Å². The van der Waals surface area contributed by atoms with Crippen LogP contribution in [0.25, 0.3) is 0 Å². The number of thioether (sulfide) groups is 1. The van der Waals surface area contributed by atoms with Crippen molar-refractivity contribution < 1.29 is 9.53 Å². The number of hydrogen-bond donors (Lipinski definition) is 0. The van der Waals surface area contributed by atoms with Crippen LogP contribution in [0.3, 0.4) is 0 Å². The standard InChI is InChI=1S/C24H41NO2S/c1-2-3-4-5-6-7-8-9-10-11-12-13-14-15-20-28-21-19-27-24(26)23-17-16-18-25-22-23/h16-18,22H,2-15,19-21H2,1H3. The lowest BCUT2D eigenvalue weighted by molar-refractivity contribution is 0.0530. The summed E-state index contributed by atoms with van der Waals surface area (Å²) in [4.78, 5) is 15.7. The van der Waals surface area contributed by atoms with E-state index < -0.39 is 0 Å².